The van der Waals surface area contributed by atoms with Crippen LogP contribution in [-0.4, -0.2) is 28.0 Å². The highest BCUT2D eigenvalue weighted by molar-refractivity contribution is 5.58. The average molecular weight is 223 g/mol. The lowest BCUT2D eigenvalue weighted by Crippen LogP contribution is -2.38. The van der Waals surface area contributed by atoms with Gasteiger partial charge in [0.2, 0.25) is 11.8 Å². The van der Waals surface area contributed by atoms with E-state index in [-0.39, 0.29) is 11.6 Å². The summed E-state index contributed by atoms with van der Waals surface area (Å²) in [4.78, 5) is 19.8. The molecule has 1 fully saturated rings. The molecule has 0 bridgehead atoms. The van der Waals surface area contributed by atoms with Crippen molar-refractivity contribution in [3.63, 3.8) is 0 Å². The molecule has 0 unspecified atom stereocenters. The van der Waals surface area contributed by atoms with Gasteiger partial charge in [-0.2, -0.15) is 4.98 Å². The van der Waals surface area contributed by atoms with Gasteiger partial charge in [-0.3, -0.25) is 10.1 Å². The Kier molecular flexibility index (Phi) is 2.59. The molecule has 2 rings (SSSR count). The SMILES string of the molecule is CN(c1nc(N)ncc1[N+](=O)[O-])C1CCC1. The number of nitrogens with zero attached hydrogens (tertiary/aromatic N) is 4. The first-order valence-electron chi connectivity index (χ1n) is 5.09. The lowest BCUT2D eigenvalue weighted by molar-refractivity contribution is -0.384. The van der Waals surface area contributed by atoms with Crippen LogP contribution in [0.2, 0.25) is 0 Å². The third kappa shape index (κ3) is 1.75. The van der Waals surface area contributed by atoms with Gasteiger partial charge in [0.25, 0.3) is 0 Å². The van der Waals surface area contributed by atoms with Gasteiger partial charge in [0, 0.05) is 13.1 Å². The molecule has 0 aliphatic heterocycles. The molecule has 16 heavy (non-hydrogen) atoms. The molecular weight excluding hydrogens is 210 g/mol. The molecule has 0 spiro atoms. The highest BCUT2D eigenvalue weighted by atomic mass is 16.6. The first-order chi connectivity index (χ1) is 7.59. The highest BCUT2D eigenvalue weighted by Gasteiger charge is 2.28. The van der Waals surface area contributed by atoms with E-state index in [4.69, 9.17) is 5.73 Å². The minimum atomic E-state index is -0.482. The summed E-state index contributed by atoms with van der Waals surface area (Å²) >= 11 is 0. The minimum Gasteiger partial charge on any atom is -0.368 e. The molecule has 1 aromatic rings. The lowest BCUT2D eigenvalue weighted by atomic mass is 9.92. The van der Waals surface area contributed by atoms with Crippen molar-refractivity contribution in [2.75, 3.05) is 17.7 Å². The molecular formula is C9H13N5O2. The maximum absolute atomic E-state index is 10.8. The molecule has 2 N–H and O–H groups in total. The first kappa shape index (κ1) is 10.6. The number of rotatable bonds is 3. The maximum Gasteiger partial charge on any atom is 0.329 e. The Balaban J connectivity index is 2.36. The summed E-state index contributed by atoms with van der Waals surface area (Å²) in [5, 5.41) is 10.8. The average Bonchev–Trinajstić information content (AvgIpc) is 2.14. The monoisotopic (exact) mass is 223 g/mol. The smallest absolute Gasteiger partial charge is 0.329 e. The molecule has 0 aromatic carbocycles. The number of nitro groups is 1. The van der Waals surface area contributed by atoms with E-state index in [1.807, 2.05) is 4.90 Å². The predicted octanol–water partition coefficient (Wildman–Crippen LogP) is 0.956. The largest absolute Gasteiger partial charge is 0.368 e. The molecule has 86 valence electrons. The highest BCUT2D eigenvalue weighted by Crippen LogP contribution is 2.32. The Hall–Kier alpha value is -1.92. The second-order valence-corrected chi connectivity index (χ2v) is 3.89. The fourth-order valence-electron chi connectivity index (χ4n) is 1.71. The van der Waals surface area contributed by atoms with Gasteiger partial charge in [-0.1, -0.05) is 0 Å². The summed E-state index contributed by atoms with van der Waals surface area (Å²) in [6, 6.07) is 0.327. The Morgan fingerprint density at radius 2 is 2.31 bits per heavy atom. The second-order valence-electron chi connectivity index (χ2n) is 3.89. The van der Waals surface area contributed by atoms with Gasteiger partial charge in [-0.05, 0) is 19.3 Å². The van der Waals surface area contributed by atoms with Crippen LogP contribution in [0.25, 0.3) is 0 Å². The van der Waals surface area contributed by atoms with Crippen molar-refractivity contribution >= 4 is 17.5 Å². The van der Waals surface area contributed by atoms with E-state index < -0.39 is 4.92 Å². The Labute approximate surface area is 92.4 Å². The molecule has 0 amide bonds. The number of nitrogens with two attached hydrogens (primary N) is 1. The third-order valence-corrected chi connectivity index (χ3v) is 2.92. The molecule has 7 nitrogen and oxygen atoms in total. The summed E-state index contributed by atoms with van der Waals surface area (Å²) in [6.07, 6.45) is 4.39. The van der Waals surface area contributed by atoms with E-state index in [0.29, 0.717) is 11.9 Å². The fourth-order valence-corrected chi connectivity index (χ4v) is 1.71. The van der Waals surface area contributed by atoms with Gasteiger partial charge in [0.05, 0.1) is 4.92 Å². The van der Waals surface area contributed by atoms with Crippen LogP contribution in [0.5, 0.6) is 0 Å². The Morgan fingerprint density at radius 1 is 1.62 bits per heavy atom. The van der Waals surface area contributed by atoms with Crippen molar-refractivity contribution in [2.45, 2.75) is 25.3 Å². The first-order valence-corrected chi connectivity index (χ1v) is 5.09. The fraction of sp³-hybridized carbons (Fsp3) is 0.556. The van der Waals surface area contributed by atoms with Gasteiger partial charge < -0.3 is 10.6 Å². The standard InChI is InChI=1S/C9H13N5O2/c1-13(6-3-2-4-6)8-7(14(15)16)5-11-9(10)12-8/h5-6H,2-4H2,1H3,(H2,10,11,12). The zero-order valence-corrected chi connectivity index (χ0v) is 8.96. The van der Waals surface area contributed by atoms with Crippen LogP contribution in [0.3, 0.4) is 0 Å². The van der Waals surface area contributed by atoms with Gasteiger partial charge in [0.1, 0.15) is 6.20 Å². The number of hydrogen-bond acceptors (Lipinski definition) is 6. The van der Waals surface area contributed by atoms with E-state index in [0.717, 1.165) is 25.5 Å². The van der Waals surface area contributed by atoms with Crippen LogP contribution in [0.15, 0.2) is 6.20 Å². The second kappa shape index (κ2) is 3.92. The molecule has 0 saturated heterocycles. The summed E-state index contributed by atoms with van der Waals surface area (Å²) in [5.41, 5.74) is 5.36. The van der Waals surface area contributed by atoms with E-state index in [1.54, 1.807) is 7.05 Å². The van der Waals surface area contributed by atoms with Crippen molar-refractivity contribution in [1.29, 1.82) is 0 Å². The summed E-state index contributed by atoms with van der Waals surface area (Å²) in [6.45, 7) is 0. The lowest BCUT2D eigenvalue weighted by Gasteiger charge is -2.35. The minimum absolute atomic E-state index is 0.0618. The van der Waals surface area contributed by atoms with Crippen LogP contribution in [0, 0.1) is 10.1 Å². The molecule has 1 aliphatic carbocycles. The summed E-state index contributed by atoms with van der Waals surface area (Å²) in [7, 11) is 1.80. The zero-order chi connectivity index (χ0) is 11.7. The predicted molar refractivity (Wildman–Crippen MR) is 59.1 cm³/mol. The van der Waals surface area contributed by atoms with Crippen LogP contribution < -0.4 is 10.6 Å². The van der Waals surface area contributed by atoms with Crippen molar-refractivity contribution in [3.8, 4) is 0 Å². The summed E-state index contributed by atoms with van der Waals surface area (Å²) in [5.74, 6) is 0.369. The molecule has 1 saturated carbocycles. The van der Waals surface area contributed by atoms with Crippen LogP contribution in [0.1, 0.15) is 19.3 Å². The van der Waals surface area contributed by atoms with E-state index in [1.165, 1.54) is 0 Å². The number of aromatic nitrogens is 2. The van der Waals surface area contributed by atoms with Crippen molar-refractivity contribution < 1.29 is 4.92 Å². The molecule has 7 heteroatoms. The third-order valence-electron chi connectivity index (χ3n) is 2.92. The van der Waals surface area contributed by atoms with Crippen molar-refractivity contribution in [3.05, 3.63) is 16.3 Å². The Morgan fingerprint density at radius 3 is 2.81 bits per heavy atom. The maximum atomic E-state index is 10.8. The van der Waals surface area contributed by atoms with Gasteiger partial charge in [-0.25, -0.2) is 4.98 Å². The Bertz CT molecular complexity index is 418. The quantitative estimate of drug-likeness (QED) is 0.605. The van der Waals surface area contributed by atoms with Crippen molar-refractivity contribution in [2.24, 2.45) is 0 Å². The van der Waals surface area contributed by atoms with Crippen molar-refractivity contribution in [1.82, 2.24) is 9.97 Å². The summed E-state index contributed by atoms with van der Waals surface area (Å²) < 4.78 is 0. The van der Waals surface area contributed by atoms with E-state index >= 15 is 0 Å². The van der Waals surface area contributed by atoms with Crippen LogP contribution in [-0.2, 0) is 0 Å². The topological polar surface area (TPSA) is 98.2 Å². The number of hydrogen-bond donors (Lipinski definition) is 1. The van der Waals surface area contributed by atoms with Gasteiger partial charge >= 0.3 is 5.69 Å². The van der Waals surface area contributed by atoms with E-state index in [9.17, 15) is 10.1 Å². The molecule has 1 aliphatic rings. The zero-order valence-electron chi connectivity index (χ0n) is 8.96. The molecule has 1 heterocycles. The van der Waals surface area contributed by atoms with Crippen LogP contribution in [0.4, 0.5) is 17.5 Å². The molecule has 0 atom stereocenters. The molecule has 0 radical (unpaired) electrons. The van der Waals surface area contributed by atoms with Gasteiger partial charge in [0.15, 0.2) is 0 Å². The van der Waals surface area contributed by atoms with E-state index in [2.05, 4.69) is 9.97 Å². The van der Waals surface area contributed by atoms with Gasteiger partial charge in [-0.15, -0.1) is 0 Å². The number of nitrogen functional groups attached to an aromatic ring is 1. The van der Waals surface area contributed by atoms with Crippen LogP contribution >= 0.6 is 0 Å². The number of anilines is 2. The molecule has 1 aromatic heterocycles. The normalized spacial score (nSPS) is 15.6.